The van der Waals surface area contributed by atoms with E-state index in [0.29, 0.717) is 35.5 Å². The van der Waals surface area contributed by atoms with Crippen molar-refractivity contribution in [1.82, 2.24) is 10.3 Å². The van der Waals surface area contributed by atoms with Crippen LogP contribution < -0.4 is 15.4 Å². The zero-order chi connectivity index (χ0) is 18.7. The molecule has 138 valence electrons. The van der Waals surface area contributed by atoms with E-state index < -0.39 is 18.0 Å². The van der Waals surface area contributed by atoms with E-state index in [4.69, 9.17) is 4.74 Å². The predicted molar refractivity (Wildman–Crippen MR) is 95.7 cm³/mol. The molecule has 7 heteroatoms. The van der Waals surface area contributed by atoms with Gasteiger partial charge in [0.1, 0.15) is 17.4 Å². The van der Waals surface area contributed by atoms with Gasteiger partial charge in [-0.15, -0.1) is 0 Å². The lowest BCUT2D eigenvalue weighted by atomic mass is 9.74. The second-order valence-corrected chi connectivity index (χ2v) is 6.40. The van der Waals surface area contributed by atoms with Crippen molar-refractivity contribution in [1.29, 1.82) is 0 Å². The van der Waals surface area contributed by atoms with E-state index in [1.807, 2.05) is 0 Å². The number of halogens is 1. The largest absolute Gasteiger partial charge is 0.496 e. The number of aromatic nitrogens is 1. The number of carbonyl (C=O) groups excluding carboxylic acids is 1. The fourth-order valence-electron chi connectivity index (χ4n) is 3.23. The monoisotopic (exact) mass is 359 g/mol. The summed E-state index contributed by atoms with van der Waals surface area (Å²) in [6, 6.07) is 7.04. The molecule has 6 nitrogen and oxygen atoms in total. The normalized spacial score (nSPS) is 20.0. The summed E-state index contributed by atoms with van der Waals surface area (Å²) in [6.07, 6.45) is 2.24. The number of anilines is 1. The third kappa shape index (κ3) is 3.77. The van der Waals surface area contributed by atoms with Gasteiger partial charge in [-0.05, 0) is 49.1 Å². The number of rotatable bonds is 6. The molecule has 0 spiro atoms. The second kappa shape index (κ2) is 7.70. The van der Waals surface area contributed by atoms with Crippen molar-refractivity contribution in [2.75, 3.05) is 19.5 Å². The first-order valence-corrected chi connectivity index (χ1v) is 8.48. The highest BCUT2D eigenvalue weighted by Crippen LogP contribution is 2.41. The average Bonchev–Trinajstić information content (AvgIpc) is 2.63. The minimum absolute atomic E-state index is 0.00950. The smallest absolute Gasteiger partial charge is 0.251 e. The molecule has 1 aromatic heterocycles. The molecule has 2 aromatic rings. The predicted octanol–water partition coefficient (Wildman–Crippen LogP) is 2.51. The molecule has 0 saturated heterocycles. The zero-order valence-electron chi connectivity index (χ0n) is 14.7. The lowest BCUT2D eigenvalue weighted by Gasteiger charge is -2.38. The highest BCUT2D eigenvalue weighted by molar-refractivity contribution is 5.95. The van der Waals surface area contributed by atoms with Crippen molar-refractivity contribution in [3.05, 3.63) is 53.5 Å². The fourth-order valence-corrected chi connectivity index (χ4v) is 3.23. The van der Waals surface area contributed by atoms with Crippen LogP contribution in [0.4, 0.5) is 10.2 Å². The number of carbonyl (C=O) groups is 1. The van der Waals surface area contributed by atoms with Gasteiger partial charge in [0, 0.05) is 24.4 Å². The molecule has 1 amide bonds. The van der Waals surface area contributed by atoms with Crippen LogP contribution in [0.3, 0.4) is 0 Å². The summed E-state index contributed by atoms with van der Waals surface area (Å²) < 4.78 is 19.2. The molecule has 0 unspecified atom stereocenters. The third-order valence-electron chi connectivity index (χ3n) is 4.71. The number of nitrogens with one attached hydrogen (secondary N) is 2. The molecule has 0 bridgehead atoms. The highest BCUT2D eigenvalue weighted by atomic mass is 19.1. The van der Waals surface area contributed by atoms with Gasteiger partial charge in [-0.3, -0.25) is 4.79 Å². The third-order valence-corrected chi connectivity index (χ3v) is 4.71. The first-order chi connectivity index (χ1) is 12.5. The number of benzene rings is 1. The molecule has 1 aromatic carbocycles. The molecule has 26 heavy (non-hydrogen) atoms. The molecule has 0 radical (unpaired) electrons. The molecule has 3 N–H and O–H groups in total. The van der Waals surface area contributed by atoms with Crippen molar-refractivity contribution < 1.29 is 19.0 Å². The summed E-state index contributed by atoms with van der Waals surface area (Å²) in [7, 11) is 3.23. The Morgan fingerprint density at radius 3 is 2.77 bits per heavy atom. The van der Waals surface area contributed by atoms with Gasteiger partial charge in [0.15, 0.2) is 0 Å². The maximum absolute atomic E-state index is 13.8. The maximum atomic E-state index is 13.8. The first kappa shape index (κ1) is 18.1. The molecular weight excluding hydrogens is 337 g/mol. The molecule has 1 aliphatic carbocycles. The van der Waals surface area contributed by atoms with Gasteiger partial charge >= 0.3 is 0 Å². The van der Waals surface area contributed by atoms with Crippen molar-refractivity contribution >= 4 is 11.7 Å². The minimum atomic E-state index is -0.456. The Labute approximate surface area is 151 Å². The summed E-state index contributed by atoms with van der Waals surface area (Å²) in [4.78, 5) is 16.8. The van der Waals surface area contributed by atoms with Crippen LogP contribution >= 0.6 is 0 Å². The summed E-state index contributed by atoms with van der Waals surface area (Å²) in [5.41, 5.74) is 1.02. The lowest BCUT2D eigenvalue weighted by Crippen LogP contribution is -2.41. The average molecular weight is 359 g/mol. The van der Waals surface area contributed by atoms with E-state index in [2.05, 4.69) is 15.6 Å². The molecule has 1 fully saturated rings. The number of ether oxygens (including phenoxy) is 1. The van der Waals surface area contributed by atoms with Gasteiger partial charge < -0.3 is 20.5 Å². The van der Waals surface area contributed by atoms with E-state index in [1.165, 1.54) is 19.2 Å². The summed E-state index contributed by atoms with van der Waals surface area (Å²) in [5, 5.41) is 15.5. The Kier molecular flexibility index (Phi) is 5.37. The van der Waals surface area contributed by atoms with Gasteiger partial charge in [-0.1, -0.05) is 0 Å². The zero-order valence-corrected chi connectivity index (χ0v) is 14.7. The summed E-state index contributed by atoms with van der Waals surface area (Å²) in [6.45, 7) is 0. The summed E-state index contributed by atoms with van der Waals surface area (Å²) >= 11 is 0. The molecule has 3 rings (SSSR count). The van der Waals surface area contributed by atoms with Gasteiger partial charge in [-0.25, -0.2) is 9.37 Å². The number of aliphatic hydroxyl groups is 1. The van der Waals surface area contributed by atoms with E-state index in [1.54, 1.807) is 31.4 Å². The number of aliphatic hydroxyl groups excluding tert-OH is 1. The molecule has 1 aliphatic rings. The van der Waals surface area contributed by atoms with Crippen molar-refractivity contribution in [3.63, 3.8) is 0 Å². The number of amides is 1. The van der Waals surface area contributed by atoms with Crippen molar-refractivity contribution in [2.45, 2.75) is 25.0 Å². The van der Waals surface area contributed by atoms with Gasteiger partial charge in [0.05, 0.1) is 19.3 Å². The molecular formula is C19H22FN3O3. The molecule has 1 saturated carbocycles. The van der Waals surface area contributed by atoms with E-state index in [-0.39, 0.29) is 11.8 Å². The maximum Gasteiger partial charge on any atom is 0.251 e. The number of methoxy groups -OCH3 is 1. The second-order valence-electron chi connectivity index (χ2n) is 6.40. The van der Waals surface area contributed by atoms with E-state index in [0.717, 1.165) is 0 Å². The van der Waals surface area contributed by atoms with Crippen LogP contribution in [-0.2, 0) is 0 Å². The lowest BCUT2D eigenvalue weighted by molar-refractivity contribution is 0.0231. The van der Waals surface area contributed by atoms with E-state index in [9.17, 15) is 14.3 Å². The topological polar surface area (TPSA) is 83.5 Å². The number of hydrogen-bond donors (Lipinski definition) is 3. The van der Waals surface area contributed by atoms with Crippen LogP contribution in [0, 0.1) is 11.7 Å². The molecule has 1 atom stereocenters. The first-order valence-electron chi connectivity index (χ1n) is 8.48. The van der Waals surface area contributed by atoms with Crippen LogP contribution in [0.15, 0.2) is 36.5 Å². The Bertz CT molecular complexity index is 793. The molecule has 1 heterocycles. The van der Waals surface area contributed by atoms with Crippen molar-refractivity contribution in [2.24, 2.45) is 5.92 Å². The fraction of sp³-hybridized carbons (Fsp3) is 0.368. The SMILES string of the molecule is CNc1cc(C(=O)N[C@@H](c2cc(F)ccc2OC)C2CC(O)C2)ccn1. The Morgan fingerprint density at radius 1 is 1.35 bits per heavy atom. The Balaban J connectivity index is 1.90. The summed E-state index contributed by atoms with van der Waals surface area (Å²) in [5.74, 6) is 0.401. The van der Waals surface area contributed by atoms with Gasteiger partial charge in [0.25, 0.3) is 5.91 Å². The number of pyridine rings is 1. The van der Waals surface area contributed by atoms with Crippen molar-refractivity contribution in [3.8, 4) is 5.75 Å². The van der Waals surface area contributed by atoms with Crippen LogP contribution in [0.1, 0.15) is 34.8 Å². The van der Waals surface area contributed by atoms with Crippen LogP contribution in [0.2, 0.25) is 0 Å². The van der Waals surface area contributed by atoms with Gasteiger partial charge in [-0.2, -0.15) is 0 Å². The Hall–Kier alpha value is -2.67. The van der Waals surface area contributed by atoms with Crippen LogP contribution in [0.5, 0.6) is 5.75 Å². The number of hydrogen-bond acceptors (Lipinski definition) is 5. The minimum Gasteiger partial charge on any atom is -0.496 e. The van der Waals surface area contributed by atoms with Crippen LogP contribution in [0.25, 0.3) is 0 Å². The van der Waals surface area contributed by atoms with Crippen LogP contribution in [-0.4, -0.2) is 36.3 Å². The molecule has 0 aliphatic heterocycles. The van der Waals surface area contributed by atoms with Gasteiger partial charge in [0.2, 0.25) is 0 Å². The standard InChI is InChI=1S/C19H22FN3O3/c1-21-17-9-11(5-6-22-17)19(25)23-18(12-7-14(24)8-12)15-10-13(20)3-4-16(15)26-2/h3-6,9-10,12,14,18,24H,7-8H2,1-2H3,(H,21,22)(H,23,25)/t12?,14?,18-/m1/s1. The highest BCUT2D eigenvalue weighted by Gasteiger charge is 2.37. The Morgan fingerprint density at radius 2 is 2.12 bits per heavy atom. The quantitative estimate of drug-likeness (QED) is 0.738. The number of nitrogens with zero attached hydrogens (tertiary/aromatic N) is 1. The van der Waals surface area contributed by atoms with E-state index >= 15 is 0 Å².